The van der Waals surface area contributed by atoms with Gasteiger partial charge in [0.15, 0.2) is 0 Å². The second kappa shape index (κ2) is 9.11. The lowest BCUT2D eigenvalue weighted by atomic mass is 10.1. The lowest BCUT2D eigenvalue weighted by molar-refractivity contribution is 0.0467. The summed E-state index contributed by atoms with van der Waals surface area (Å²) in [5.74, 6) is -1.88. The van der Waals surface area contributed by atoms with Gasteiger partial charge < -0.3 is 9.47 Å². The van der Waals surface area contributed by atoms with Crippen LogP contribution in [0.2, 0.25) is 5.15 Å². The van der Waals surface area contributed by atoms with Crippen LogP contribution in [0.15, 0.2) is 47.4 Å². The topological polar surface area (TPSA) is 85.8 Å². The lowest BCUT2D eigenvalue weighted by Crippen LogP contribution is -2.40. The molecule has 4 rings (SSSR count). The summed E-state index contributed by atoms with van der Waals surface area (Å²) in [6.07, 6.45) is 0. The van der Waals surface area contributed by atoms with Gasteiger partial charge in [-0.1, -0.05) is 23.7 Å². The van der Waals surface area contributed by atoms with Crippen LogP contribution in [0, 0.1) is 12.7 Å². The van der Waals surface area contributed by atoms with Gasteiger partial charge in [0.2, 0.25) is 10.0 Å². The maximum absolute atomic E-state index is 14.3. The van der Waals surface area contributed by atoms with E-state index in [2.05, 4.69) is 4.98 Å². The van der Waals surface area contributed by atoms with Crippen LogP contribution in [-0.4, -0.2) is 50.0 Å². The normalized spacial score (nSPS) is 15.1. The first-order valence-electron chi connectivity index (χ1n) is 9.86. The molecule has 0 bridgehead atoms. The minimum absolute atomic E-state index is 0.167. The van der Waals surface area contributed by atoms with Crippen LogP contribution in [0.25, 0.3) is 10.9 Å². The number of hydrogen-bond acceptors (Lipinski definition) is 6. The average Bonchev–Trinajstić information content (AvgIpc) is 2.78. The molecule has 2 aromatic carbocycles. The number of pyridine rings is 1. The summed E-state index contributed by atoms with van der Waals surface area (Å²) in [7, 11) is -3.89. The first-order valence-corrected chi connectivity index (χ1v) is 11.7. The Morgan fingerprint density at radius 1 is 1.19 bits per heavy atom. The van der Waals surface area contributed by atoms with Crippen LogP contribution in [0.1, 0.15) is 21.5 Å². The van der Waals surface area contributed by atoms with E-state index in [1.807, 2.05) is 25.1 Å². The molecular weight excluding hydrogens is 459 g/mol. The van der Waals surface area contributed by atoms with Crippen LogP contribution in [-0.2, 0) is 26.1 Å². The largest absolute Gasteiger partial charge is 0.457 e. The number of rotatable bonds is 5. The molecule has 1 saturated heterocycles. The first-order chi connectivity index (χ1) is 15.3. The molecule has 32 heavy (non-hydrogen) atoms. The second-order valence-electron chi connectivity index (χ2n) is 7.37. The molecule has 1 aromatic heterocycles. The van der Waals surface area contributed by atoms with Crippen LogP contribution in [0.4, 0.5) is 4.39 Å². The molecule has 0 atom stereocenters. The van der Waals surface area contributed by atoms with Crippen molar-refractivity contribution < 1.29 is 27.1 Å². The minimum Gasteiger partial charge on any atom is -0.457 e. The van der Waals surface area contributed by atoms with Gasteiger partial charge in [-0.15, -0.1) is 0 Å². The molecule has 1 fully saturated rings. The molecule has 0 unspecified atom stereocenters. The van der Waals surface area contributed by atoms with E-state index < -0.39 is 27.4 Å². The number of morpholine rings is 1. The van der Waals surface area contributed by atoms with Gasteiger partial charge in [-0.05, 0) is 42.8 Å². The molecule has 1 aliphatic heterocycles. The summed E-state index contributed by atoms with van der Waals surface area (Å²) >= 11 is 6.22. The van der Waals surface area contributed by atoms with Gasteiger partial charge in [0.25, 0.3) is 0 Å². The number of carbonyl (C=O) groups excluding carboxylic acids is 1. The van der Waals surface area contributed by atoms with E-state index in [9.17, 15) is 17.6 Å². The van der Waals surface area contributed by atoms with Crippen LogP contribution in [0.3, 0.4) is 0 Å². The maximum atomic E-state index is 14.3. The number of esters is 1. The highest BCUT2D eigenvalue weighted by molar-refractivity contribution is 7.89. The molecule has 0 saturated carbocycles. The average molecular weight is 479 g/mol. The first kappa shape index (κ1) is 22.6. The summed E-state index contributed by atoms with van der Waals surface area (Å²) in [6, 6.07) is 10.5. The Hall–Kier alpha value is -2.59. The molecule has 7 nitrogen and oxygen atoms in total. The molecule has 0 aliphatic carbocycles. The molecule has 1 aliphatic rings. The molecular formula is C22H20ClFN2O5S. The molecule has 0 N–H and O–H groups in total. The highest BCUT2D eigenvalue weighted by Gasteiger charge is 2.28. The quantitative estimate of drug-likeness (QED) is 0.410. The summed E-state index contributed by atoms with van der Waals surface area (Å²) in [6.45, 7) is 2.62. The van der Waals surface area contributed by atoms with Gasteiger partial charge in [0.05, 0.1) is 29.2 Å². The van der Waals surface area contributed by atoms with Crippen molar-refractivity contribution in [2.24, 2.45) is 0 Å². The van der Waals surface area contributed by atoms with Crippen LogP contribution < -0.4 is 0 Å². The van der Waals surface area contributed by atoms with Gasteiger partial charge in [-0.2, -0.15) is 4.31 Å². The minimum atomic E-state index is -3.89. The Morgan fingerprint density at radius 3 is 2.69 bits per heavy atom. The number of hydrogen-bond donors (Lipinski definition) is 0. The molecule has 3 aromatic rings. The SMILES string of the molecule is Cc1ccc2cc(COC(=O)c3cc(S(=O)(=O)N4CCOCC4)ccc3F)c(Cl)nc2c1. The number of fused-ring (bicyclic) bond motifs is 1. The molecule has 0 amide bonds. The van der Waals surface area contributed by atoms with Gasteiger partial charge in [0, 0.05) is 24.0 Å². The number of nitrogens with zero attached hydrogens (tertiary/aromatic N) is 2. The third-order valence-electron chi connectivity index (χ3n) is 5.12. The lowest BCUT2D eigenvalue weighted by Gasteiger charge is -2.26. The fourth-order valence-corrected chi connectivity index (χ4v) is 5.01. The molecule has 10 heteroatoms. The predicted molar refractivity (Wildman–Crippen MR) is 117 cm³/mol. The highest BCUT2D eigenvalue weighted by Crippen LogP contribution is 2.24. The van der Waals surface area contributed by atoms with Crippen molar-refractivity contribution in [1.29, 1.82) is 0 Å². The monoisotopic (exact) mass is 478 g/mol. The number of carbonyl (C=O) groups is 1. The Balaban J connectivity index is 1.55. The van der Waals surface area contributed by atoms with Gasteiger partial charge in [0.1, 0.15) is 17.6 Å². The summed E-state index contributed by atoms with van der Waals surface area (Å²) < 4.78 is 51.6. The van der Waals surface area contributed by atoms with E-state index in [1.165, 1.54) is 4.31 Å². The zero-order valence-electron chi connectivity index (χ0n) is 17.2. The van der Waals surface area contributed by atoms with Crippen molar-refractivity contribution >= 4 is 38.5 Å². The van der Waals surface area contributed by atoms with Crippen molar-refractivity contribution in [3.63, 3.8) is 0 Å². The Bertz CT molecular complexity index is 1290. The van der Waals surface area contributed by atoms with Crippen molar-refractivity contribution in [3.8, 4) is 0 Å². The molecule has 2 heterocycles. The van der Waals surface area contributed by atoms with Crippen molar-refractivity contribution in [2.75, 3.05) is 26.3 Å². The smallest absolute Gasteiger partial charge is 0.341 e. The van der Waals surface area contributed by atoms with Crippen molar-refractivity contribution in [2.45, 2.75) is 18.4 Å². The maximum Gasteiger partial charge on any atom is 0.341 e. The summed E-state index contributed by atoms with van der Waals surface area (Å²) in [4.78, 5) is 16.7. The second-order valence-corrected chi connectivity index (χ2v) is 9.66. The van der Waals surface area contributed by atoms with E-state index in [0.717, 1.165) is 29.1 Å². The van der Waals surface area contributed by atoms with E-state index in [-0.39, 0.29) is 43.0 Å². The fourth-order valence-electron chi connectivity index (χ4n) is 3.38. The van der Waals surface area contributed by atoms with Crippen molar-refractivity contribution in [1.82, 2.24) is 9.29 Å². The van der Waals surface area contributed by atoms with E-state index in [4.69, 9.17) is 21.1 Å². The number of halogens is 2. The third-order valence-corrected chi connectivity index (χ3v) is 7.35. The molecule has 0 radical (unpaired) electrons. The predicted octanol–water partition coefficient (Wildman–Crippen LogP) is 3.71. The number of benzene rings is 2. The Labute approximate surface area is 189 Å². The van der Waals surface area contributed by atoms with Gasteiger partial charge in [-0.25, -0.2) is 22.6 Å². The zero-order valence-corrected chi connectivity index (χ0v) is 18.7. The standard InChI is InChI=1S/C22H20ClFN2O5S/c1-14-2-3-15-11-16(21(23)25-20(15)10-14)13-31-22(27)18-12-17(4-5-19(18)24)32(28,29)26-6-8-30-9-7-26/h2-5,10-12H,6-9,13H2,1H3. The third kappa shape index (κ3) is 4.61. The van der Waals surface area contributed by atoms with E-state index in [0.29, 0.717) is 11.1 Å². The Morgan fingerprint density at radius 2 is 1.94 bits per heavy atom. The molecule has 0 spiro atoms. The fraction of sp³-hybridized carbons (Fsp3) is 0.273. The summed E-state index contributed by atoms with van der Waals surface area (Å²) in [5.41, 5.74) is 1.72. The van der Waals surface area contributed by atoms with Crippen LogP contribution >= 0.6 is 11.6 Å². The van der Waals surface area contributed by atoms with Crippen LogP contribution in [0.5, 0.6) is 0 Å². The number of aryl methyl sites for hydroxylation is 1. The van der Waals surface area contributed by atoms with Gasteiger partial charge >= 0.3 is 5.97 Å². The zero-order chi connectivity index (χ0) is 22.9. The Kier molecular flexibility index (Phi) is 6.43. The van der Waals surface area contributed by atoms with Gasteiger partial charge in [-0.3, -0.25) is 0 Å². The summed E-state index contributed by atoms with van der Waals surface area (Å²) in [5, 5.41) is 0.982. The van der Waals surface area contributed by atoms with E-state index in [1.54, 1.807) is 6.07 Å². The van der Waals surface area contributed by atoms with E-state index >= 15 is 0 Å². The number of ether oxygens (including phenoxy) is 2. The molecule has 168 valence electrons. The number of sulfonamides is 1. The number of aromatic nitrogens is 1. The highest BCUT2D eigenvalue weighted by atomic mass is 35.5. The van der Waals surface area contributed by atoms with Crippen molar-refractivity contribution in [3.05, 3.63) is 70.1 Å².